The molecule has 4 nitrogen and oxygen atoms in total. The van der Waals surface area contributed by atoms with E-state index in [9.17, 15) is 4.79 Å². The Morgan fingerprint density at radius 2 is 2.39 bits per heavy atom. The molecule has 0 aliphatic carbocycles. The Hall–Kier alpha value is -1.57. The van der Waals surface area contributed by atoms with Crippen LogP contribution < -0.4 is 10.6 Å². The van der Waals surface area contributed by atoms with E-state index >= 15 is 0 Å². The Labute approximate surface area is 111 Å². The fraction of sp³-hybridized carbons (Fsp3) is 0.385. The van der Waals surface area contributed by atoms with Gasteiger partial charge in [-0.05, 0) is 44.5 Å². The number of amides is 1. The van der Waals surface area contributed by atoms with Crippen molar-refractivity contribution in [2.75, 3.05) is 11.9 Å². The van der Waals surface area contributed by atoms with Crippen LogP contribution in [0.4, 0.5) is 5.69 Å². The van der Waals surface area contributed by atoms with Gasteiger partial charge in [-0.2, -0.15) is 5.26 Å². The van der Waals surface area contributed by atoms with Gasteiger partial charge in [-0.15, -0.1) is 0 Å². The summed E-state index contributed by atoms with van der Waals surface area (Å²) in [5.41, 5.74) is 0.482. The zero-order valence-electron chi connectivity index (χ0n) is 10.1. The number of rotatable bonds is 2. The quantitative estimate of drug-likeness (QED) is 0.860. The highest BCUT2D eigenvalue weighted by Gasteiger charge is 2.36. The van der Waals surface area contributed by atoms with E-state index in [1.54, 1.807) is 18.2 Å². The molecular weight excluding hydrogens is 250 g/mol. The van der Waals surface area contributed by atoms with Gasteiger partial charge >= 0.3 is 0 Å². The SMILES string of the molecule is CC1(C(=O)Nc2ccc(C#N)cc2Cl)CCCN1. The van der Waals surface area contributed by atoms with Crippen LogP contribution in [0.15, 0.2) is 18.2 Å². The van der Waals surface area contributed by atoms with Crippen LogP contribution in [0, 0.1) is 11.3 Å². The average Bonchev–Trinajstić information content (AvgIpc) is 2.80. The number of halogens is 1. The van der Waals surface area contributed by atoms with Crippen molar-refractivity contribution in [3.8, 4) is 6.07 Å². The van der Waals surface area contributed by atoms with Gasteiger partial charge in [0.15, 0.2) is 0 Å². The number of benzene rings is 1. The minimum atomic E-state index is -0.531. The van der Waals surface area contributed by atoms with Crippen LogP contribution in [0.2, 0.25) is 5.02 Å². The maximum atomic E-state index is 12.1. The molecule has 1 heterocycles. The fourth-order valence-corrected chi connectivity index (χ4v) is 2.26. The van der Waals surface area contributed by atoms with Gasteiger partial charge in [-0.25, -0.2) is 0 Å². The van der Waals surface area contributed by atoms with Crippen molar-refractivity contribution in [3.63, 3.8) is 0 Å². The molecule has 1 aromatic carbocycles. The molecule has 1 amide bonds. The molecule has 0 aromatic heterocycles. The van der Waals surface area contributed by atoms with E-state index in [1.807, 2.05) is 13.0 Å². The van der Waals surface area contributed by atoms with Gasteiger partial charge < -0.3 is 10.6 Å². The van der Waals surface area contributed by atoms with Gasteiger partial charge in [-0.3, -0.25) is 4.79 Å². The van der Waals surface area contributed by atoms with E-state index in [4.69, 9.17) is 16.9 Å². The topological polar surface area (TPSA) is 64.9 Å². The number of carbonyl (C=O) groups excluding carboxylic acids is 1. The molecule has 0 radical (unpaired) electrons. The van der Waals surface area contributed by atoms with E-state index in [-0.39, 0.29) is 5.91 Å². The third kappa shape index (κ3) is 2.47. The second kappa shape index (κ2) is 4.97. The van der Waals surface area contributed by atoms with Crippen molar-refractivity contribution >= 4 is 23.2 Å². The monoisotopic (exact) mass is 263 g/mol. The lowest BCUT2D eigenvalue weighted by atomic mass is 9.99. The van der Waals surface area contributed by atoms with Gasteiger partial charge in [0.2, 0.25) is 5.91 Å². The summed E-state index contributed by atoms with van der Waals surface area (Å²) in [6.07, 6.45) is 1.80. The summed E-state index contributed by atoms with van der Waals surface area (Å²) in [5.74, 6) is -0.0911. The van der Waals surface area contributed by atoms with Crippen LogP contribution in [-0.4, -0.2) is 18.0 Å². The first kappa shape index (κ1) is 12.9. The number of nitrogens with one attached hydrogen (secondary N) is 2. The lowest BCUT2D eigenvalue weighted by Gasteiger charge is -2.23. The summed E-state index contributed by atoms with van der Waals surface area (Å²) in [6.45, 7) is 2.73. The van der Waals surface area contributed by atoms with E-state index < -0.39 is 5.54 Å². The van der Waals surface area contributed by atoms with Crippen molar-refractivity contribution < 1.29 is 4.79 Å². The molecule has 1 saturated heterocycles. The van der Waals surface area contributed by atoms with Crippen LogP contribution in [-0.2, 0) is 4.79 Å². The molecule has 1 fully saturated rings. The predicted molar refractivity (Wildman–Crippen MR) is 70.4 cm³/mol. The molecule has 94 valence electrons. The Bertz CT molecular complexity index is 515. The van der Waals surface area contributed by atoms with E-state index in [2.05, 4.69) is 10.6 Å². The number of anilines is 1. The van der Waals surface area contributed by atoms with Crippen molar-refractivity contribution in [1.82, 2.24) is 5.32 Å². The standard InChI is InChI=1S/C13H14ClN3O/c1-13(5-2-6-16-13)12(18)17-11-4-3-9(8-15)7-10(11)14/h3-4,7,16H,2,5-6H2,1H3,(H,17,18). The van der Waals surface area contributed by atoms with Gasteiger partial charge in [-0.1, -0.05) is 11.6 Å². The first-order valence-electron chi connectivity index (χ1n) is 5.81. The Morgan fingerprint density at radius 3 is 2.94 bits per heavy atom. The number of hydrogen-bond acceptors (Lipinski definition) is 3. The van der Waals surface area contributed by atoms with E-state index in [1.165, 1.54) is 0 Å². The minimum absolute atomic E-state index is 0.0911. The molecule has 0 saturated carbocycles. The highest BCUT2D eigenvalue weighted by atomic mass is 35.5. The molecule has 0 spiro atoms. The second-order valence-electron chi connectivity index (χ2n) is 4.62. The average molecular weight is 264 g/mol. The molecule has 1 atom stereocenters. The van der Waals surface area contributed by atoms with Crippen LogP contribution in [0.5, 0.6) is 0 Å². The van der Waals surface area contributed by atoms with E-state index in [0.29, 0.717) is 16.3 Å². The zero-order valence-corrected chi connectivity index (χ0v) is 10.8. The van der Waals surface area contributed by atoms with E-state index in [0.717, 1.165) is 19.4 Å². The third-order valence-electron chi connectivity index (χ3n) is 3.22. The lowest BCUT2D eigenvalue weighted by molar-refractivity contribution is -0.121. The molecule has 1 unspecified atom stereocenters. The summed E-state index contributed by atoms with van der Waals surface area (Å²) in [5, 5.41) is 15.1. The smallest absolute Gasteiger partial charge is 0.244 e. The molecule has 1 aliphatic rings. The Balaban J connectivity index is 2.15. The molecular formula is C13H14ClN3O. The summed E-state index contributed by atoms with van der Waals surface area (Å²) >= 11 is 6.02. The van der Waals surface area contributed by atoms with Gasteiger partial charge in [0, 0.05) is 0 Å². The molecule has 1 aromatic rings. The largest absolute Gasteiger partial charge is 0.323 e. The van der Waals surface area contributed by atoms with Crippen LogP contribution >= 0.6 is 11.6 Å². The van der Waals surface area contributed by atoms with Crippen LogP contribution in [0.25, 0.3) is 0 Å². The van der Waals surface area contributed by atoms with Gasteiger partial charge in [0.05, 0.1) is 27.9 Å². The summed E-state index contributed by atoms with van der Waals surface area (Å²) in [7, 11) is 0. The highest BCUT2D eigenvalue weighted by molar-refractivity contribution is 6.33. The van der Waals surface area contributed by atoms with Crippen molar-refractivity contribution in [2.45, 2.75) is 25.3 Å². The third-order valence-corrected chi connectivity index (χ3v) is 3.53. The number of nitrogens with zero attached hydrogens (tertiary/aromatic N) is 1. The maximum Gasteiger partial charge on any atom is 0.244 e. The van der Waals surface area contributed by atoms with Crippen LogP contribution in [0.1, 0.15) is 25.3 Å². The summed E-state index contributed by atoms with van der Waals surface area (Å²) < 4.78 is 0. The second-order valence-corrected chi connectivity index (χ2v) is 5.03. The lowest BCUT2D eigenvalue weighted by Crippen LogP contribution is -2.48. The number of nitriles is 1. The van der Waals surface area contributed by atoms with Crippen molar-refractivity contribution in [1.29, 1.82) is 5.26 Å². The molecule has 2 rings (SSSR count). The Morgan fingerprint density at radius 1 is 1.61 bits per heavy atom. The first-order valence-corrected chi connectivity index (χ1v) is 6.19. The molecule has 5 heteroatoms. The van der Waals surface area contributed by atoms with Gasteiger partial charge in [0.1, 0.15) is 0 Å². The normalized spacial score (nSPS) is 22.5. The molecule has 0 bridgehead atoms. The Kier molecular flexibility index (Phi) is 3.55. The zero-order chi connectivity index (χ0) is 13.2. The first-order chi connectivity index (χ1) is 8.55. The molecule has 18 heavy (non-hydrogen) atoms. The van der Waals surface area contributed by atoms with Crippen molar-refractivity contribution in [2.24, 2.45) is 0 Å². The fourth-order valence-electron chi connectivity index (χ4n) is 2.03. The van der Waals surface area contributed by atoms with Crippen LogP contribution in [0.3, 0.4) is 0 Å². The highest BCUT2D eigenvalue weighted by Crippen LogP contribution is 2.26. The van der Waals surface area contributed by atoms with Crippen molar-refractivity contribution in [3.05, 3.63) is 28.8 Å². The minimum Gasteiger partial charge on any atom is -0.323 e. The van der Waals surface area contributed by atoms with Gasteiger partial charge in [0.25, 0.3) is 0 Å². The number of carbonyl (C=O) groups is 1. The summed E-state index contributed by atoms with van der Waals surface area (Å²) in [6, 6.07) is 6.83. The maximum absolute atomic E-state index is 12.1. The number of hydrogen-bond donors (Lipinski definition) is 2. The predicted octanol–water partition coefficient (Wildman–Crippen LogP) is 2.29. The molecule has 2 N–H and O–H groups in total. The molecule has 1 aliphatic heterocycles. The summed E-state index contributed by atoms with van der Waals surface area (Å²) in [4.78, 5) is 12.1.